The standard InChI is InChI=1S/C32H51NO4/c1-27(2)22-10-13-32(7)23(30(22,5)12-11-24(27)34)9-8-20-21-18-29(4,26(36)37-19-25(33)35)15-14-28(21,3)16-17-31(20,32)6/h8,21-24,34H,9-19H2,1-7H3,(H2,33,35)/t21-,22-,23+,24-,28+,29-,30-,31+,32+/m0/s1. The maximum absolute atomic E-state index is 13.2. The van der Waals surface area contributed by atoms with Crippen molar-refractivity contribution in [3.05, 3.63) is 11.6 Å². The average molecular weight is 514 g/mol. The highest BCUT2D eigenvalue weighted by Crippen LogP contribution is 2.75. The lowest BCUT2D eigenvalue weighted by Crippen LogP contribution is -2.64. The van der Waals surface area contributed by atoms with Crippen molar-refractivity contribution in [2.24, 2.45) is 56.0 Å². The average Bonchev–Trinajstić information content (AvgIpc) is 2.81. The Morgan fingerprint density at radius 1 is 0.946 bits per heavy atom. The third-order valence-corrected chi connectivity index (χ3v) is 13.7. The fraction of sp³-hybridized carbons (Fsp3) is 0.875. The van der Waals surface area contributed by atoms with Crippen LogP contribution in [0.3, 0.4) is 0 Å². The molecule has 3 N–H and O–H groups in total. The Morgan fingerprint density at radius 3 is 2.30 bits per heavy atom. The largest absolute Gasteiger partial charge is 0.455 e. The van der Waals surface area contributed by atoms with Crippen LogP contribution in [-0.2, 0) is 14.3 Å². The molecule has 5 heteroatoms. The van der Waals surface area contributed by atoms with Gasteiger partial charge in [-0.2, -0.15) is 0 Å². The molecular formula is C32H51NO4. The number of esters is 1. The van der Waals surface area contributed by atoms with Gasteiger partial charge >= 0.3 is 5.97 Å². The topological polar surface area (TPSA) is 89.6 Å². The predicted octanol–water partition coefficient (Wildman–Crippen LogP) is 6.18. The highest BCUT2D eigenvalue weighted by molar-refractivity contribution is 5.81. The monoisotopic (exact) mass is 513 g/mol. The van der Waals surface area contributed by atoms with E-state index in [1.165, 1.54) is 25.7 Å². The van der Waals surface area contributed by atoms with Gasteiger partial charge in [-0.05, 0) is 116 Å². The SMILES string of the molecule is CC1(C)[C@@H](O)CC[C@]2(C)[C@H]3CC=C4[C@@H]5C[C@@](C)(C(=O)OCC(N)=O)CC[C@]5(C)CC[C@@]4(C)[C@]3(C)CC[C@@H]12. The van der Waals surface area contributed by atoms with Crippen molar-refractivity contribution >= 4 is 11.9 Å². The summed E-state index contributed by atoms with van der Waals surface area (Å²) in [5.74, 6) is 0.654. The van der Waals surface area contributed by atoms with Gasteiger partial charge in [-0.3, -0.25) is 9.59 Å². The lowest BCUT2D eigenvalue weighted by Gasteiger charge is -2.71. The number of hydrogen-bond donors (Lipinski definition) is 2. The summed E-state index contributed by atoms with van der Waals surface area (Å²) in [6, 6.07) is 0. The van der Waals surface area contributed by atoms with E-state index in [4.69, 9.17) is 10.5 Å². The Kier molecular flexibility index (Phi) is 6.12. The summed E-state index contributed by atoms with van der Waals surface area (Å²) in [6.07, 6.45) is 13.0. The van der Waals surface area contributed by atoms with Crippen LogP contribution in [0.5, 0.6) is 0 Å². The zero-order chi connectivity index (χ0) is 27.2. The summed E-state index contributed by atoms with van der Waals surface area (Å²) in [6.45, 7) is 16.5. The third kappa shape index (κ3) is 3.64. The number of allylic oxidation sites excluding steroid dienone is 2. The maximum atomic E-state index is 13.2. The van der Waals surface area contributed by atoms with Gasteiger partial charge in [0.2, 0.25) is 0 Å². The van der Waals surface area contributed by atoms with E-state index < -0.39 is 11.3 Å². The second kappa shape index (κ2) is 8.32. The first-order valence-electron chi connectivity index (χ1n) is 14.9. The number of aliphatic hydroxyl groups is 1. The van der Waals surface area contributed by atoms with Crippen LogP contribution in [0.25, 0.3) is 0 Å². The summed E-state index contributed by atoms with van der Waals surface area (Å²) in [7, 11) is 0. The first-order chi connectivity index (χ1) is 17.0. The first kappa shape index (κ1) is 27.2. The van der Waals surface area contributed by atoms with Gasteiger partial charge in [-0.1, -0.05) is 53.2 Å². The Labute approximate surface area is 224 Å². The number of carbonyl (C=O) groups is 2. The molecule has 0 aromatic heterocycles. The van der Waals surface area contributed by atoms with E-state index in [0.717, 1.165) is 38.5 Å². The minimum atomic E-state index is -0.598. The zero-order valence-electron chi connectivity index (χ0n) is 24.4. The fourth-order valence-corrected chi connectivity index (χ4v) is 10.8. The molecule has 4 fully saturated rings. The Bertz CT molecular complexity index is 1020. The minimum Gasteiger partial charge on any atom is -0.455 e. The second-order valence-electron chi connectivity index (χ2n) is 15.7. The van der Waals surface area contributed by atoms with Gasteiger partial charge < -0.3 is 15.6 Å². The summed E-state index contributed by atoms with van der Waals surface area (Å²) >= 11 is 0. The van der Waals surface area contributed by atoms with Crippen molar-refractivity contribution in [3.8, 4) is 0 Å². The van der Waals surface area contributed by atoms with Crippen molar-refractivity contribution in [2.45, 2.75) is 119 Å². The number of amides is 1. The van der Waals surface area contributed by atoms with E-state index in [1.807, 2.05) is 6.92 Å². The third-order valence-electron chi connectivity index (χ3n) is 13.7. The van der Waals surface area contributed by atoms with Gasteiger partial charge in [0.1, 0.15) is 0 Å². The van der Waals surface area contributed by atoms with E-state index in [0.29, 0.717) is 17.8 Å². The van der Waals surface area contributed by atoms with Crippen LogP contribution in [0.4, 0.5) is 0 Å². The van der Waals surface area contributed by atoms with Gasteiger partial charge in [-0.15, -0.1) is 0 Å². The Hall–Kier alpha value is -1.36. The van der Waals surface area contributed by atoms with Crippen molar-refractivity contribution < 1.29 is 19.4 Å². The highest BCUT2D eigenvalue weighted by Gasteiger charge is 2.68. The summed E-state index contributed by atoms with van der Waals surface area (Å²) in [4.78, 5) is 24.4. The summed E-state index contributed by atoms with van der Waals surface area (Å²) in [5, 5.41) is 10.9. The van der Waals surface area contributed by atoms with Gasteiger partial charge in [0, 0.05) is 0 Å². The molecule has 5 aliphatic rings. The Morgan fingerprint density at radius 2 is 1.62 bits per heavy atom. The van der Waals surface area contributed by atoms with Gasteiger partial charge in [-0.25, -0.2) is 0 Å². The molecule has 208 valence electrons. The number of carbonyl (C=O) groups excluding carboxylic acids is 2. The predicted molar refractivity (Wildman–Crippen MR) is 145 cm³/mol. The van der Waals surface area contributed by atoms with Crippen LogP contribution < -0.4 is 5.73 Å². The molecule has 1 amide bonds. The minimum absolute atomic E-state index is 0.0409. The fourth-order valence-electron chi connectivity index (χ4n) is 10.8. The zero-order valence-corrected chi connectivity index (χ0v) is 24.4. The van der Waals surface area contributed by atoms with Gasteiger partial charge in [0.05, 0.1) is 11.5 Å². The number of rotatable bonds is 3. The number of primary amides is 1. The lowest BCUT2D eigenvalue weighted by molar-refractivity contribution is -0.203. The molecule has 0 aromatic carbocycles. The van der Waals surface area contributed by atoms with Crippen LogP contribution in [0.2, 0.25) is 0 Å². The molecule has 4 saturated carbocycles. The van der Waals surface area contributed by atoms with Crippen molar-refractivity contribution in [1.29, 1.82) is 0 Å². The number of aliphatic hydroxyl groups excluding tert-OH is 1. The van der Waals surface area contributed by atoms with Crippen LogP contribution >= 0.6 is 0 Å². The summed E-state index contributed by atoms with van der Waals surface area (Å²) < 4.78 is 5.37. The lowest BCUT2D eigenvalue weighted by atomic mass is 9.33. The van der Waals surface area contributed by atoms with Crippen molar-refractivity contribution in [3.63, 3.8) is 0 Å². The quantitative estimate of drug-likeness (QED) is 0.348. The molecule has 0 radical (unpaired) electrons. The first-order valence-corrected chi connectivity index (χ1v) is 14.9. The molecule has 5 nitrogen and oxygen atoms in total. The maximum Gasteiger partial charge on any atom is 0.312 e. The number of fused-ring (bicyclic) bond motifs is 7. The van der Waals surface area contributed by atoms with E-state index in [9.17, 15) is 14.7 Å². The van der Waals surface area contributed by atoms with E-state index in [1.54, 1.807) is 5.57 Å². The van der Waals surface area contributed by atoms with Gasteiger partial charge in [0.25, 0.3) is 5.91 Å². The molecule has 0 aliphatic heterocycles. The van der Waals surface area contributed by atoms with Gasteiger partial charge in [0.15, 0.2) is 6.61 Å². The number of nitrogens with two attached hydrogens (primary N) is 1. The molecule has 37 heavy (non-hydrogen) atoms. The smallest absolute Gasteiger partial charge is 0.312 e. The molecule has 0 spiro atoms. The van der Waals surface area contributed by atoms with E-state index in [2.05, 4.69) is 47.6 Å². The van der Waals surface area contributed by atoms with E-state index in [-0.39, 0.29) is 45.8 Å². The molecule has 0 bridgehead atoms. The van der Waals surface area contributed by atoms with Crippen LogP contribution in [0.1, 0.15) is 113 Å². The van der Waals surface area contributed by atoms with E-state index >= 15 is 0 Å². The molecule has 0 aromatic rings. The molecule has 5 aliphatic carbocycles. The summed E-state index contributed by atoms with van der Waals surface area (Å²) in [5.41, 5.74) is 7.01. The molecule has 5 rings (SSSR count). The molecule has 0 saturated heterocycles. The highest BCUT2D eigenvalue weighted by atomic mass is 16.5. The Balaban J connectivity index is 1.50. The second-order valence-corrected chi connectivity index (χ2v) is 15.7. The number of ether oxygens (including phenoxy) is 1. The number of hydrogen-bond acceptors (Lipinski definition) is 4. The molecule has 0 heterocycles. The normalized spacial score (nSPS) is 50.4. The molecular weight excluding hydrogens is 462 g/mol. The van der Waals surface area contributed by atoms with Crippen molar-refractivity contribution in [1.82, 2.24) is 0 Å². The van der Waals surface area contributed by atoms with Crippen LogP contribution in [0.15, 0.2) is 11.6 Å². The van der Waals surface area contributed by atoms with Crippen LogP contribution in [-0.4, -0.2) is 29.7 Å². The molecule has 0 unspecified atom stereocenters. The van der Waals surface area contributed by atoms with Crippen molar-refractivity contribution in [2.75, 3.05) is 6.61 Å². The van der Waals surface area contributed by atoms with Crippen LogP contribution in [0, 0.1) is 50.2 Å². The molecule has 9 atom stereocenters.